The van der Waals surface area contributed by atoms with Crippen LogP contribution in [0.5, 0.6) is 0 Å². The van der Waals surface area contributed by atoms with Crippen molar-refractivity contribution in [2.24, 2.45) is 0 Å². The first-order chi connectivity index (χ1) is 8.74. The summed E-state index contributed by atoms with van der Waals surface area (Å²) in [6, 6.07) is 8.61. The maximum absolute atomic E-state index is 11.7. The van der Waals surface area contributed by atoms with Gasteiger partial charge in [0.15, 0.2) is 0 Å². The van der Waals surface area contributed by atoms with Crippen molar-refractivity contribution in [3.8, 4) is 0 Å². The third-order valence-corrected chi connectivity index (χ3v) is 2.67. The Kier molecular flexibility index (Phi) is 3.62. The molecule has 6 nitrogen and oxygen atoms in total. The van der Waals surface area contributed by atoms with Gasteiger partial charge in [-0.2, -0.15) is 4.79 Å². The summed E-state index contributed by atoms with van der Waals surface area (Å²) in [5, 5.41) is 0. The largest absolute Gasteiger partial charge is 0.369 e. The Morgan fingerprint density at radius 1 is 1.44 bits per heavy atom. The lowest BCUT2D eigenvalue weighted by molar-refractivity contribution is -0.157. The van der Waals surface area contributed by atoms with Crippen LogP contribution >= 0.6 is 0 Å². The van der Waals surface area contributed by atoms with E-state index in [1.807, 2.05) is 30.3 Å². The van der Waals surface area contributed by atoms with Gasteiger partial charge >= 0.3 is 12.1 Å². The Morgan fingerprint density at radius 2 is 2.17 bits per heavy atom. The first-order valence-corrected chi connectivity index (χ1v) is 5.40. The summed E-state index contributed by atoms with van der Waals surface area (Å²) in [7, 11) is 0. The molecule has 0 aromatic heterocycles. The zero-order valence-electron chi connectivity index (χ0n) is 9.52. The third-order valence-electron chi connectivity index (χ3n) is 2.67. The lowest BCUT2D eigenvalue weighted by Gasteiger charge is -2.32. The van der Waals surface area contributed by atoms with E-state index in [2.05, 4.69) is 4.79 Å². The summed E-state index contributed by atoms with van der Waals surface area (Å²) in [5.74, 6) is -1.10. The molecule has 1 atom stereocenters. The molecule has 0 bridgehead atoms. The number of hydrogen-bond donors (Lipinski definition) is 0. The molecule has 1 saturated heterocycles. The lowest BCUT2D eigenvalue weighted by atomic mass is 10.0. The van der Waals surface area contributed by atoms with Crippen LogP contribution in [0.25, 0.3) is 5.53 Å². The van der Waals surface area contributed by atoms with Crippen LogP contribution < -0.4 is 0 Å². The van der Waals surface area contributed by atoms with Crippen LogP contribution in [0.4, 0.5) is 0 Å². The van der Waals surface area contributed by atoms with Gasteiger partial charge in [-0.05, 0) is 5.56 Å². The summed E-state index contributed by atoms with van der Waals surface area (Å²) in [5.41, 5.74) is 9.19. The number of ether oxygens (including phenoxy) is 1. The van der Waals surface area contributed by atoms with E-state index in [0.717, 1.165) is 10.5 Å². The Morgan fingerprint density at radius 3 is 2.83 bits per heavy atom. The van der Waals surface area contributed by atoms with Crippen molar-refractivity contribution >= 4 is 18.0 Å². The molecule has 1 aliphatic rings. The van der Waals surface area contributed by atoms with Gasteiger partial charge in [0.05, 0.1) is 12.6 Å². The van der Waals surface area contributed by atoms with Crippen LogP contribution in [0.3, 0.4) is 0 Å². The van der Waals surface area contributed by atoms with Gasteiger partial charge in [-0.1, -0.05) is 30.3 Å². The number of carbonyl (C=O) groups excluding carboxylic acids is 2. The minimum Gasteiger partial charge on any atom is -0.369 e. The van der Waals surface area contributed by atoms with Gasteiger partial charge in [0.25, 0.3) is 5.91 Å². The van der Waals surface area contributed by atoms with Crippen LogP contribution in [-0.4, -0.2) is 40.9 Å². The molecular weight excluding hydrogens is 234 g/mol. The number of carbonyl (C=O) groups is 2. The number of imide groups is 1. The molecule has 0 saturated carbocycles. The van der Waals surface area contributed by atoms with E-state index in [-0.39, 0.29) is 13.2 Å². The van der Waals surface area contributed by atoms with E-state index in [1.165, 1.54) is 0 Å². The molecule has 6 heteroatoms. The number of rotatable bonds is 2. The smallest absolute Gasteiger partial charge is 0.345 e. The van der Waals surface area contributed by atoms with Crippen molar-refractivity contribution in [1.29, 1.82) is 0 Å². The lowest BCUT2D eigenvalue weighted by Crippen LogP contribution is -2.48. The maximum atomic E-state index is 11.7. The molecule has 92 valence electrons. The Labute approximate surface area is 103 Å². The molecule has 1 fully saturated rings. The highest BCUT2D eigenvalue weighted by atomic mass is 16.5. The van der Waals surface area contributed by atoms with Crippen LogP contribution in [0.1, 0.15) is 11.6 Å². The highest BCUT2D eigenvalue weighted by molar-refractivity contribution is 6.28. The second-order valence-corrected chi connectivity index (χ2v) is 3.79. The third kappa shape index (κ3) is 2.34. The van der Waals surface area contributed by atoms with Crippen LogP contribution in [0, 0.1) is 0 Å². The fraction of sp³-hybridized carbons (Fsp3) is 0.250. The van der Waals surface area contributed by atoms with Crippen molar-refractivity contribution in [2.45, 2.75) is 6.04 Å². The highest BCUT2D eigenvalue weighted by Gasteiger charge is 2.35. The summed E-state index contributed by atoms with van der Waals surface area (Å²) >= 11 is 0. The highest BCUT2D eigenvalue weighted by Crippen LogP contribution is 2.24. The van der Waals surface area contributed by atoms with Gasteiger partial charge in [0.1, 0.15) is 6.61 Å². The number of hydrogen-bond acceptors (Lipinski definition) is 3. The molecule has 2 rings (SSSR count). The van der Waals surface area contributed by atoms with E-state index in [0.29, 0.717) is 6.21 Å². The topological polar surface area (TPSA) is 83.0 Å². The van der Waals surface area contributed by atoms with E-state index >= 15 is 0 Å². The number of nitrogens with zero attached hydrogens (tertiary/aromatic N) is 3. The van der Waals surface area contributed by atoms with Crippen LogP contribution in [0.2, 0.25) is 0 Å². The average molecular weight is 245 g/mol. The molecular formula is C12H11N3O3. The van der Waals surface area contributed by atoms with Gasteiger partial charge in [0.2, 0.25) is 0 Å². The van der Waals surface area contributed by atoms with E-state index in [4.69, 9.17) is 10.3 Å². The summed E-state index contributed by atoms with van der Waals surface area (Å²) in [6.07, 6.45) is 0.708. The minimum atomic E-state index is -0.653. The molecule has 1 aromatic rings. The van der Waals surface area contributed by atoms with Gasteiger partial charge < -0.3 is 10.3 Å². The molecule has 1 heterocycles. The SMILES string of the molecule is [N-]=[N+]=CC(=O)N1C(=O)COC[C@@H]1c1ccccc1. The molecule has 0 aliphatic carbocycles. The molecule has 18 heavy (non-hydrogen) atoms. The molecule has 0 radical (unpaired) electrons. The number of benzene rings is 1. The maximum Gasteiger partial charge on any atom is 0.345 e. The Balaban J connectivity index is 2.34. The predicted octanol–water partition coefficient (Wildman–Crippen LogP) is 0.414. The van der Waals surface area contributed by atoms with E-state index < -0.39 is 17.9 Å². The van der Waals surface area contributed by atoms with Crippen LogP contribution in [-0.2, 0) is 14.3 Å². The second kappa shape index (κ2) is 5.35. The Hall–Kier alpha value is -2.30. The van der Waals surface area contributed by atoms with Gasteiger partial charge in [-0.25, -0.2) is 0 Å². The second-order valence-electron chi connectivity index (χ2n) is 3.79. The molecule has 0 N–H and O–H groups in total. The fourth-order valence-corrected chi connectivity index (χ4v) is 1.88. The summed E-state index contributed by atoms with van der Waals surface area (Å²) in [6.45, 7) is 0.0924. The van der Waals surface area contributed by atoms with Crippen molar-refractivity contribution in [3.05, 3.63) is 41.4 Å². The number of amides is 2. The van der Waals surface area contributed by atoms with Crippen molar-refractivity contribution in [2.75, 3.05) is 13.2 Å². The normalized spacial score (nSPS) is 19.2. The standard InChI is InChI=1S/C12H11N3O3/c13-14-6-11(16)15-10(7-18-8-12(15)17)9-4-2-1-3-5-9/h1-6,10H,7-8H2/t10-/m1/s1. The summed E-state index contributed by atoms with van der Waals surface area (Å²) < 4.78 is 5.16. The molecule has 2 amide bonds. The zero-order chi connectivity index (χ0) is 13.0. The molecule has 1 aliphatic heterocycles. The fourth-order valence-electron chi connectivity index (χ4n) is 1.88. The first kappa shape index (κ1) is 12.2. The van der Waals surface area contributed by atoms with Crippen LogP contribution in [0.15, 0.2) is 30.3 Å². The Bertz CT molecular complexity index is 509. The molecule has 0 spiro atoms. The molecule has 1 aromatic carbocycles. The molecule has 0 unspecified atom stereocenters. The predicted molar refractivity (Wildman–Crippen MR) is 61.5 cm³/mol. The first-order valence-electron chi connectivity index (χ1n) is 5.40. The van der Waals surface area contributed by atoms with Crippen molar-refractivity contribution < 1.29 is 19.1 Å². The number of morpholine rings is 1. The van der Waals surface area contributed by atoms with Crippen molar-refractivity contribution in [1.82, 2.24) is 4.90 Å². The van der Waals surface area contributed by atoms with Gasteiger partial charge in [0, 0.05) is 0 Å². The van der Waals surface area contributed by atoms with Gasteiger partial charge in [-0.3, -0.25) is 14.5 Å². The van der Waals surface area contributed by atoms with Gasteiger partial charge in [-0.15, -0.1) is 0 Å². The zero-order valence-corrected chi connectivity index (χ0v) is 9.52. The summed E-state index contributed by atoms with van der Waals surface area (Å²) in [4.78, 5) is 27.2. The van der Waals surface area contributed by atoms with Crippen molar-refractivity contribution in [3.63, 3.8) is 0 Å². The average Bonchev–Trinajstić information content (AvgIpc) is 2.39. The van der Waals surface area contributed by atoms with E-state index in [1.54, 1.807) is 0 Å². The minimum absolute atomic E-state index is 0.145. The monoisotopic (exact) mass is 245 g/mol. The van der Waals surface area contributed by atoms with E-state index in [9.17, 15) is 9.59 Å². The quantitative estimate of drug-likeness (QED) is 0.430.